The van der Waals surface area contributed by atoms with E-state index in [4.69, 9.17) is 9.47 Å². The summed E-state index contributed by atoms with van der Waals surface area (Å²) in [4.78, 5) is 25.3. The Bertz CT molecular complexity index is 738. The molecule has 134 valence electrons. The zero-order valence-corrected chi connectivity index (χ0v) is 14.7. The van der Waals surface area contributed by atoms with Gasteiger partial charge in [0.15, 0.2) is 0 Å². The number of carbonyl (C=O) groups is 1. The van der Waals surface area contributed by atoms with Crippen molar-refractivity contribution in [3.8, 4) is 17.3 Å². The SMILES string of the molecule is COc1cc(-c2cncn2C)nc(C(=O)N[C@H]2CC[C@H](OC)CC2)n1. The second-order valence-corrected chi connectivity index (χ2v) is 6.19. The molecule has 1 N–H and O–H groups in total. The smallest absolute Gasteiger partial charge is 0.289 e. The molecule has 0 unspecified atom stereocenters. The van der Waals surface area contributed by atoms with Crippen LogP contribution in [0.5, 0.6) is 5.88 Å². The van der Waals surface area contributed by atoms with Crippen molar-refractivity contribution in [3.05, 3.63) is 24.4 Å². The Morgan fingerprint density at radius 2 is 2.00 bits per heavy atom. The Kier molecular flexibility index (Phi) is 5.28. The molecular formula is C17H23N5O3. The highest BCUT2D eigenvalue weighted by Gasteiger charge is 2.24. The number of nitrogens with one attached hydrogen (secondary N) is 1. The fourth-order valence-electron chi connectivity index (χ4n) is 3.06. The number of aromatic nitrogens is 4. The van der Waals surface area contributed by atoms with Crippen molar-refractivity contribution in [1.29, 1.82) is 0 Å². The van der Waals surface area contributed by atoms with E-state index in [0.29, 0.717) is 11.6 Å². The lowest BCUT2D eigenvalue weighted by Gasteiger charge is -2.27. The van der Waals surface area contributed by atoms with Crippen molar-refractivity contribution < 1.29 is 14.3 Å². The van der Waals surface area contributed by atoms with Crippen LogP contribution in [-0.2, 0) is 11.8 Å². The molecule has 0 bridgehead atoms. The van der Waals surface area contributed by atoms with Crippen LogP contribution in [0.25, 0.3) is 11.4 Å². The van der Waals surface area contributed by atoms with Crippen molar-refractivity contribution in [2.75, 3.05) is 14.2 Å². The molecule has 25 heavy (non-hydrogen) atoms. The summed E-state index contributed by atoms with van der Waals surface area (Å²) < 4.78 is 12.4. The summed E-state index contributed by atoms with van der Waals surface area (Å²) >= 11 is 0. The molecule has 1 fully saturated rings. The summed E-state index contributed by atoms with van der Waals surface area (Å²) in [5, 5.41) is 3.02. The normalized spacial score (nSPS) is 20.3. The monoisotopic (exact) mass is 345 g/mol. The van der Waals surface area contributed by atoms with E-state index in [-0.39, 0.29) is 23.9 Å². The number of ether oxygens (including phenoxy) is 2. The molecule has 0 spiro atoms. The summed E-state index contributed by atoms with van der Waals surface area (Å²) in [6.45, 7) is 0. The van der Waals surface area contributed by atoms with Gasteiger partial charge in [-0.25, -0.2) is 9.97 Å². The van der Waals surface area contributed by atoms with Crippen LogP contribution < -0.4 is 10.1 Å². The van der Waals surface area contributed by atoms with Crippen LogP contribution in [0.4, 0.5) is 0 Å². The van der Waals surface area contributed by atoms with Crippen molar-refractivity contribution in [3.63, 3.8) is 0 Å². The van der Waals surface area contributed by atoms with Gasteiger partial charge >= 0.3 is 0 Å². The second-order valence-electron chi connectivity index (χ2n) is 6.19. The van der Waals surface area contributed by atoms with Gasteiger partial charge in [-0.15, -0.1) is 0 Å². The van der Waals surface area contributed by atoms with Crippen molar-refractivity contribution in [2.45, 2.75) is 37.8 Å². The molecule has 1 saturated carbocycles. The molecule has 1 aliphatic carbocycles. The zero-order chi connectivity index (χ0) is 17.8. The van der Waals surface area contributed by atoms with E-state index >= 15 is 0 Å². The third kappa shape index (κ3) is 3.96. The summed E-state index contributed by atoms with van der Waals surface area (Å²) in [7, 11) is 5.11. The maximum absolute atomic E-state index is 12.6. The topological polar surface area (TPSA) is 91.2 Å². The van der Waals surface area contributed by atoms with Crippen LogP contribution >= 0.6 is 0 Å². The second kappa shape index (κ2) is 7.60. The van der Waals surface area contributed by atoms with Crippen LogP contribution in [0.1, 0.15) is 36.3 Å². The fourth-order valence-corrected chi connectivity index (χ4v) is 3.06. The van der Waals surface area contributed by atoms with Gasteiger partial charge in [0.25, 0.3) is 5.91 Å². The largest absolute Gasteiger partial charge is 0.481 e. The first kappa shape index (κ1) is 17.3. The Hall–Kier alpha value is -2.48. The third-order valence-electron chi connectivity index (χ3n) is 4.54. The molecule has 1 amide bonds. The van der Waals surface area contributed by atoms with E-state index in [1.165, 1.54) is 7.11 Å². The van der Waals surface area contributed by atoms with E-state index in [9.17, 15) is 4.79 Å². The van der Waals surface area contributed by atoms with Gasteiger partial charge in [0.1, 0.15) is 0 Å². The van der Waals surface area contributed by atoms with Crippen LogP contribution in [-0.4, -0.2) is 51.8 Å². The van der Waals surface area contributed by atoms with Crippen LogP contribution in [0.3, 0.4) is 0 Å². The highest BCUT2D eigenvalue weighted by atomic mass is 16.5. The van der Waals surface area contributed by atoms with Crippen LogP contribution in [0.2, 0.25) is 0 Å². The number of nitrogens with zero attached hydrogens (tertiary/aromatic N) is 4. The molecule has 2 aromatic rings. The van der Waals surface area contributed by atoms with Crippen molar-refractivity contribution in [2.24, 2.45) is 7.05 Å². The van der Waals surface area contributed by atoms with E-state index in [0.717, 1.165) is 31.4 Å². The Morgan fingerprint density at radius 3 is 2.60 bits per heavy atom. The Balaban J connectivity index is 1.77. The van der Waals surface area contributed by atoms with E-state index in [2.05, 4.69) is 20.3 Å². The van der Waals surface area contributed by atoms with Gasteiger partial charge in [-0.1, -0.05) is 0 Å². The minimum atomic E-state index is -0.289. The first-order chi connectivity index (χ1) is 12.1. The maximum Gasteiger partial charge on any atom is 0.289 e. The third-order valence-corrected chi connectivity index (χ3v) is 4.54. The lowest BCUT2D eigenvalue weighted by atomic mass is 9.93. The van der Waals surface area contributed by atoms with Gasteiger partial charge in [-0.2, -0.15) is 4.98 Å². The summed E-state index contributed by atoms with van der Waals surface area (Å²) in [5.41, 5.74) is 1.38. The van der Waals surface area contributed by atoms with Crippen molar-refractivity contribution in [1.82, 2.24) is 24.8 Å². The average molecular weight is 345 g/mol. The zero-order valence-electron chi connectivity index (χ0n) is 14.7. The molecule has 0 saturated heterocycles. The van der Waals surface area contributed by atoms with Gasteiger partial charge in [-0.3, -0.25) is 4.79 Å². The molecule has 8 nitrogen and oxygen atoms in total. The van der Waals surface area contributed by atoms with Crippen molar-refractivity contribution >= 4 is 5.91 Å². The standard InChI is InChI=1S/C17H23N5O3/c1-22-10-18-9-14(22)13-8-15(25-3)21-16(20-13)17(23)19-11-4-6-12(24-2)7-5-11/h8-12H,4-7H2,1-3H3,(H,19,23)/t11-,12-. The van der Waals surface area contributed by atoms with E-state index in [1.54, 1.807) is 25.7 Å². The maximum atomic E-state index is 12.6. The quantitative estimate of drug-likeness (QED) is 0.884. The summed E-state index contributed by atoms with van der Waals surface area (Å²) in [6, 6.07) is 1.81. The number of hydrogen-bond donors (Lipinski definition) is 1. The van der Waals surface area contributed by atoms with E-state index < -0.39 is 0 Å². The molecular weight excluding hydrogens is 322 g/mol. The van der Waals surface area contributed by atoms with Crippen LogP contribution in [0.15, 0.2) is 18.6 Å². The predicted octanol–water partition coefficient (Wildman–Crippen LogP) is 1.57. The number of rotatable bonds is 5. The number of methoxy groups -OCH3 is 2. The van der Waals surface area contributed by atoms with Gasteiger partial charge in [-0.05, 0) is 25.7 Å². The Labute approximate surface area is 146 Å². The first-order valence-corrected chi connectivity index (χ1v) is 8.34. The molecule has 3 rings (SSSR count). The van der Waals surface area contributed by atoms with Crippen LogP contribution in [0, 0.1) is 0 Å². The molecule has 0 atom stereocenters. The minimum absolute atomic E-state index is 0.101. The fraction of sp³-hybridized carbons (Fsp3) is 0.529. The van der Waals surface area contributed by atoms with E-state index in [1.807, 2.05) is 11.6 Å². The van der Waals surface area contributed by atoms with Gasteiger partial charge in [0.2, 0.25) is 11.7 Å². The lowest BCUT2D eigenvalue weighted by molar-refractivity contribution is 0.0597. The molecule has 0 aliphatic heterocycles. The predicted molar refractivity (Wildman–Crippen MR) is 91.3 cm³/mol. The van der Waals surface area contributed by atoms with Gasteiger partial charge in [0.05, 0.1) is 37.1 Å². The first-order valence-electron chi connectivity index (χ1n) is 8.34. The highest BCUT2D eigenvalue weighted by molar-refractivity contribution is 5.91. The molecule has 0 aromatic carbocycles. The molecule has 2 aromatic heterocycles. The number of aryl methyl sites for hydroxylation is 1. The average Bonchev–Trinajstić information content (AvgIpc) is 3.08. The summed E-state index contributed by atoms with van der Waals surface area (Å²) in [5.74, 6) is 0.159. The molecule has 2 heterocycles. The minimum Gasteiger partial charge on any atom is -0.481 e. The number of amides is 1. The molecule has 1 aliphatic rings. The van der Waals surface area contributed by atoms with Gasteiger partial charge in [0, 0.05) is 26.3 Å². The Morgan fingerprint density at radius 1 is 1.24 bits per heavy atom. The summed E-state index contributed by atoms with van der Waals surface area (Å²) in [6.07, 6.45) is 7.33. The molecule has 8 heteroatoms. The van der Waals surface area contributed by atoms with Gasteiger partial charge < -0.3 is 19.4 Å². The lowest BCUT2D eigenvalue weighted by Crippen LogP contribution is -2.39. The number of carbonyl (C=O) groups excluding carboxylic acids is 1. The number of imidazole rings is 1. The molecule has 0 radical (unpaired) electrons. The number of hydrogen-bond acceptors (Lipinski definition) is 6. The highest BCUT2D eigenvalue weighted by Crippen LogP contribution is 2.22.